The number of ether oxygens (including phenoxy) is 1. The minimum absolute atomic E-state index is 0.107. The van der Waals surface area contributed by atoms with Gasteiger partial charge in [-0.25, -0.2) is 23.5 Å². The first-order chi connectivity index (χ1) is 14.9. The Labute approximate surface area is 176 Å². The molecule has 2 aliphatic rings. The quantitative estimate of drug-likeness (QED) is 0.620. The number of aryl methyl sites for hydroxylation is 1. The lowest BCUT2D eigenvalue weighted by molar-refractivity contribution is 0.114. The fourth-order valence-corrected chi connectivity index (χ4v) is 3.84. The van der Waals surface area contributed by atoms with Crippen LogP contribution in [-0.2, 0) is 11.3 Å². The van der Waals surface area contributed by atoms with Gasteiger partial charge >= 0.3 is 6.09 Å². The fourth-order valence-electron chi connectivity index (χ4n) is 3.84. The molecular weight excluding hydrogens is 406 g/mol. The zero-order chi connectivity index (χ0) is 21.6. The van der Waals surface area contributed by atoms with E-state index in [0.29, 0.717) is 12.2 Å². The number of aromatic nitrogens is 4. The molecule has 2 N–H and O–H groups in total. The van der Waals surface area contributed by atoms with E-state index in [9.17, 15) is 13.6 Å². The van der Waals surface area contributed by atoms with E-state index in [1.165, 1.54) is 12.3 Å². The van der Waals surface area contributed by atoms with E-state index in [1.54, 1.807) is 10.9 Å². The highest BCUT2D eigenvalue weighted by molar-refractivity contribution is 5.72. The van der Waals surface area contributed by atoms with Gasteiger partial charge in [0.2, 0.25) is 5.95 Å². The second-order valence-electron chi connectivity index (χ2n) is 7.94. The summed E-state index contributed by atoms with van der Waals surface area (Å²) in [6.07, 6.45) is 3.51. The van der Waals surface area contributed by atoms with Crippen LogP contribution < -0.4 is 10.6 Å². The van der Waals surface area contributed by atoms with Crippen molar-refractivity contribution in [1.29, 1.82) is 0 Å². The third kappa shape index (κ3) is 3.92. The van der Waals surface area contributed by atoms with Crippen molar-refractivity contribution < 1.29 is 18.3 Å². The lowest BCUT2D eigenvalue weighted by Gasteiger charge is -2.15. The van der Waals surface area contributed by atoms with Crippen LogP contribution in [0.25, 0.3) is 11.1 Å². The molecule has 3 heterocycles. The van der Waals surface area contributed by atoms with Crippen LogP contribution in [0.2, 0.25) is 0 Å². The number of nitrogens with zero attached hydrogens (tertiary/aromatic N) is 4. The van der Waals surface area contributed by atoms with E-state index < -0.39 is 6.43 Å². The molecule has 8 nitrogen and oxygen atoms in total. The number of hydrogen-bond acceptors (Lipinski definition) is 6. The minimum atomic E-state index is -2.66. The molecule has 1 saturated heterocycles. The highest BCUT2D eigenvalue weighted by atomic mass is 19.3. The van der Waals surface area contributed by atoms with Crippen LogP contribution in [0.5, 0.6) is 0 Å². The van der Waals surface area contributed by atoms with Crippen molar-refractivity contribution in [2.45, 2.75) is 44.4 Å². The topological polar surface area (TPSA) is 94.0 Å². The summed E-state index contributed by atoms with van der Waals surface area (Å²) in [5.41, 5.74) is 2.87. The summed E-state index contributed by atoms with van der Waals surface area (Å²) in [7, 11) is 0. The van der Waals surface area contributed by atoms with Gasteiger partial charge in [-0.05, 0) is 49.1 Å². The van der Waals surface area contributed by atoms with Crippen molar-refractivity contribution in [3.63, 3.8) is 0 Å². The summed E-state index contributed by atoms with van der Waals surface area (Å²) in [5, 5.41) is 10.3. The summed E-state index contributed by atoms with van der Waals surface area (Å²) >= 11 is 0. The standard InChI is InChI=1S/C21H20F2N6O2/c1-12-6-13(8-15(7-12)26-19-24-5-2-16(27-19)18(22)23)14-9-25-29(10-14)11-17-21(3-4-21)28-20(30)31-17/h2,5-10,17-18H,3-4,11H2,1H3,(H,28,30)(H,24,26,27)/t17-/m0/s1. The van der Waals surface area contributed by atoms with Crippen molar-refractivity contribution in [2.24, 2.45) is 0 Å². The highest BCUT2D eigenvalue weighted by Gasteiger charge is 2.57. The van der Waals surface area contributed by atoms with E-state index in [0.717, 1.165) is 29.5 Å². The number of alkyl carbamates (subject to hydrolysis) is 1. The first kappa shape index (κ1) is 19.4. The second kappa shape index (κ2) is 7.29. The maximum atomic E-state index is 12.9. The highest BCUT2D eigenvalue weighted by Crippen LogP contribution is 2.44. The molecule has 0 unspecified atom stereocenters. The zero-order valence-corrected chi connectivity index (χ0v) is 16.7. The smallest absolute Gasteiger partial charge is 0.408 e. The molecule has 2 aromatic heterocycles. The first-order valence-electron chi connectivity index (χ1n) is 9.92. The van der Waals surface area contributed by atoms with Crippen LogP contribution in [0.3, 0.4) is 0 Å². The van der Waals surface area contributed by atoms with Gasteiger partial charge in [-0.15, -0.1) is 0 Å². The van der Waals surface area contributed by atoms with Crippen LogP contribution >= 0.6 is 0 Å². The number of amides is 1. The van der Waals surface area contributed by atoms with E-state index in [-0.39, 0.29) is 29.4 Å². The van der Waals surface area contributed by atoms with Gasteiger partial charge in [0.05, 0.1) is 18.3 Å². The number of anilines is 2. The molecule has 1 saturated carbocycles. The molecular formula is C21H20F2N6O2. The summed E-state index contributed by atoms with van der Waals surface area (Å²) in [6.45, 7) is 2.42. The Balaban J connectivity index is 1.35. The summed E-state index contributed by atoms with van der Waals surface area (Å²) in [5.74, 6) is 0.107. The summed E-state index contributed by atoms with van der Waals surface area (Å²) in [6, 6.07) is 6.95. The largest absolute Gasteiger partial charge is 0.442 e. The van der Waals surface area contributed by atoms with Crippen molar-refractivity contribution in [3.05, 3.63) is 54.1 Å². The molecule has 2 fully saturated rings. The molecule has 5 rings (SSSR count). The Bertz CT molecular complexity index is 1140. The third-order valence-electron chi connectivity index (χ3n) is 5.56. The Morgan fingerprint density at radius 1 is 1.32 bits per heavy atom. The second-order valence-corrected chi connectivity index (χ2v) is 7.94. The number of hydrogen-bond donors (Lipinski definition) is 2. The van der Waals surface area contributed by atoms with Crippen molar-refractivity contribution >= 4 is 17.7 Å². The van der Waals surface area contributed by atoms with Gasteiger partial charge in [0.25, 0.3) is 6.43 Å². The molecule has 31 heavy (non-hydrogen) atoms. The first-order valence-corrected chi connectivity index (χ1v) is 9.92. The number of benzene rings is 1. The van der Waals surface area contributed by atoms with Crippen LogP contribution in [0.4, 0.5) is 25.2 Å². The Morgan fingerprint density at radius 2 is 2.16 bits per heavy atom. The SMILES string of the molecule is Cc1cc(Nc2nccc(C(F)F)n2)cc(-c2cnn(C[C@@H]3OC(=O)NC34CC4)c2)c1. The third-order valence-corrected chi connectivity index (χ3v) is 5.56. The number of carbonyl (C=O) groups is 1. The number of halogens is 2. The molecule has 160 valence electrons. The molecule has 1 aromatic carbocycles. The lowest BCUT2D eigenvalue weighted by Crippen LogP contribution is -2.36. The maximum absolute atomic E-state index is 12.9. The number of alkyl halides is 2. The van der Waals surface area contributed by atoms with Gasteiger partial charge in [-0.1, -0.05) is 6.07 Å². The van der Waals surface area contributed by atoms with Gasteiger partial charge in [-0.2, -0.15) is 5.10 Å². The van der Waals surface area contributed by atoms with Crippen LogP contribution in [0.15, 0.2) is 42.9 Å². The predicted octanol–water partition coefficient (Wildman–Crippen LogP) is 3.97. The van der Waals surface area contributed by atoms with Crippen LogP contribution in [0.1, 0.15) is 30.5 Å². The van der Waals surface area contributed by atoms with Crippen molar-refractivity contribution in [2.75, 3.05) is 5.32 Å². The molecule has 1 spiro atoms. The Kier molecular flexibility index (Phi) is 4.57. The van der Waals surface area contributed by atoms with Crippen molar-refractivity contribution in [1.82, 2.24) is 25.1 Å². The van der Waals surface area contributed by atoms with Gasteiger partial charge in [-0.3, -0.25) is 4.68 Å². The van der Waals surface area contributed by atoms with Gasteiger partial charge in [0.1, 0.15) is 11.8 Å². The number of nitrogens with one attached hydrogen (secondary N) is 2. The van der Waals surface area contributed by atoms with E-state index >= 15 is 0 Å². The molecule has 1 amide bonds. The summed E-state index contributed by atoms with van der Waals surface area (Å²) in [4.78, 5) is 19.5. The molecule has 1 aliphatic carbocycles. The monoisotopic (exact) mass is 426 g/mol. The normalized spacial score (nSPS) is 18.8. The van der Waals surface area contributed by atoms with E-state index in [4.69, 9.17) is 4.74 Å². The Morgan fingerprint density at radius 3 is 2.94 bits per heavy atom. The number of carbonyl (C=O) groups excluding carboxylic acids is 1. The van der Waals surface area contributed by atoms with Gasteiger partial charge in [0.15, 0.2) is 0 Å². The molecule has 10 heteroatoms. The van der Waals surface area contributed by atoms with Crippen LogP contribution in [-0.4, -0.2) is 37.5 Å². The molecule has 1 atom stereocenters. The average Bonchev–Trinajstić information content (AvgIpc) is 3.22. The molecule has 0 radical (unpaired) electrons. The Hall–Kier alpha value is -3.56. The number of rotatable bonds is 6. The predicted molar refractivity (Wildman–Crippen MR) is 108 cm³/mol. The molecule has 1 aliphatic heterocycles. The maximum Gasteiger partial charge on any atom is 0.408 e. The average molecular weight is 426 g/mol. The molecule has 3 aromatic rings. The zero-order valence-electron chi connectivity index (χ0n) is 16.7. The van der Waals surface area contributed by atoms with E-state index in [1.807, 2.05) is 31.3 Å². The van der Waals surface area contributed by atoms with E-state index in [2.05, 4.69) is 25.7 Å². The fraction of sp³-hybridized carbons (Fsp3) is 0.333. The van der Waals surface area contributed by atoms with Crippen molar-refractivity contribution in [3.8, 4) is 11.1 Å². The van der Waals surface area contributed by atoms with Gasteiger partial charge in [0, 0.05) is 23.6 Å². The summed E-state index contributed by atoms with van der Waals surface area (Å²) < 4.78 is 33.0. The molecule has 0 bridgehead atoms. The number of cyclic esters (lactones) is 1. The van der Waals surface area contributed by atoms with Gasteiger partial charge < -0.3 is 15.4 Å². The van der Waals surface area contributed by atoms with Crippen LogP contribution in [0, 0.1) is 6.92 Å². The lowest BCUT2D eigenvalue weighted by atomic mass is 10.1. The minimum Gasteiger partial charge on any atom is -0.442 e.